The summed E-state index contributed by atoms with van der Waals surface area (Å²) in [7, 11) is 0. The molecule has 12 heterocycles. The van der Waals surface area contributed by atoms with Crippen molar-refractivity contribution in [2.24, 2.45) is 20.0 Å². The van der Waals surface area contributed by atoms with Gasteiger partial charge in [-0.3, -0.25) is 39.6 Å². The molecule has 16 rings (SSSR count). The van der Waals surface area contributed by atoms with E-state index < -0.39 is 146 Å². The van der Waals surface area contributed by atoms with Crippen LogP contribution in [0.2, 0.25) is 10.0 Å². The van der Waals surface area contributed by atoms with Crippen LogP contribution in [0.1, 0.15) is 94.1 Å². The van der Waals surface area contributed by atoms with Crippen LogP contribution in [0.5, 0.6) is 0 Å². The van der Waals surface area contributed by atoms with Crippen molar-refractivity contribution in [1.82, 2.24) is 60.8 Å². The molecule has 8 aliphatic rings. The van der Waals surface area contributed by atoms with Crippen LogP contribution in [0.25, 0.3) is 0 Å². The number of esters is 4. The van der Waals surface area contributed by atoms with Crippen molar-refractivity contribution in [2.75, 3.05) is 118 Å². The molecule has 32 nitrogen and oxygen atoms in total. The number of aromatic nitrogens is 4. The summed E-state index contributed by atoms with van der Waals surface area (Å²) in [6.45, 7) is 7.06. The fourth-order valence-corrected chi connectivity index (χ4v) is 19.6. The predicted octanol–water partition coefficient (Wildman–Crippen LogP) is 11.9. The number of halogens is 12. The molecule has 48 heteroatoms. The third-order valence-corrected chi connectivity index (χ3v) is 26.7. The smallest absolute Gasteiger partial charge is 0.338 e. The fraction of sp³-hybridized carbons (Fsp3) is 0.386. The number of thiazole rings is 4. The number of nitrogens with one attached hydrogen (secondary N) is 4. The lowest BCUT2D eigenvalue weighted by molar-refractivity contribution is -0.145. The second-order valence-corrected chi connectivity index (χ2v) is 37.0. The van der Waals surface area contributed by atoms with Gasteiger partial charge in [-0.15, -0.1) is 45.3 Å². The van der Waals surface area contributed by atoms with Gasteiger partial charge in [-0.2, -0.15) is 0 Å². The number of ether oxygens (including phenoxy) is 6. The highest BCUT2D eigenvalue weighted by Crippen LogP contribution is 2.43. The summed E-state index contributed by atoms with van der Waals surface area (Å²) in [5.41, 5.74) is 4.47. The van der Waals surface area contributed by atoms with Gasteiger partial charge in [0, 0.05) is 178 Å². The molecule has 2 unspecified atom stereocenters. The number of carboxylic acid groups (broad SMARTS) is 2. The van der Waals surface area contributed by atoms with E-state index in [0.717, 1.165) is 12.1 Å². The number of likely N-dealkylation sites (tertiary alicyclic amines) is 4. The van der Waals surface area contributed by atoms with Crippen LogP contribution < -0.4 is 21.3 Å². The van der Waals surface area contributed by atoms with Crippen LogP contribution in [0, 0.1) is 23.3 Å². The number of β-amino-alcohol motifs (C(OH)–C–C–N with tert-alkyl or cyclic N) is 2. The highest BCUT2D eigenvalue weighted by molar-refractivity contribution is 9.10. The third-order valence-electron chi connectivity index (χ3n) is 21.6. The van der Waals surface area contributed by atoms with Gasteiger partial charge in [-0.25, -0.2) is 83.8 Å². The number of hydrogen-bond acceptors (Lipinski definition) is 34. The Labute approximate surface area is 815 Å². The highest BCUT2D eigenvalue weighted by atomic mass is 79.9. The van der Waals surface area contributed by atoms with Gasteiger partial charge in [-0.05, 0) is 87.4 Å². The van der Waals surface area contributed by atoms with Gasteiger partial charge in [0.05, 0.1) is 60.9 Å². The van der Waals surface area contributed by atoms with Crippen molar-refractivity contribution in [3.05, 3.63) is 249 Å². The molecule has 0 spiro atoms. The number of carboxylic acids is 2. The van der Waals surface area contributed by atoms with Crippen LogP contribution in [0.15, 0.2) is 193 Å². The predicted molar refractivity (Wildman–Crippen MR) is 496 cm³/mol. The number of aliphatic hydroxyl groups excluding tert-OH is 2. The topological polar surface area (TPSA) is 401 Å². The summed E-state index contributed by atoms with van der Waals surface area (Å²) in [5.74, 6) is -5.13. The molecule has 0 radical (unpaired) electrons. The quantitative estimate of drug-likeness (QED) is 0.0118. The summed E-state index contributed by atoms with van der Waals surface area (Å²) in [5, 5.41) is 59.6. The van der Waals surface area contributed by atoms with E-state index in [9.17, 15) is 74.1 Å². The maximum atomic E-state index is 14.6. The molecule has 4 aromatic carbocycles. The molecule has 8 aliphatic heterocycles. The minimum atomic E-state index is -1.41. The minimum Gasteiger partial charge on any atom is -0.480 e. The Morgan fingerprint density at radius 3 is 0.890 bits per heavy atom. The number of alkyl halides is 4. The maximum absolute atomic E-state index is 14.6. The lowest BCUT2D eigenvalue weighted by atomic mass is 9.95. The molecule has 0 bridgehead atoms. The zero-order valence-corrected chi connectivity index (χ0v) is 80.4. The molecule has 0 saturated carbocycles. The number of amidine groups is 4. The zero-order valence-electron chi connectivity index (χ0n) is 72.4. The largest absolute Gasteiger partial charge is 0.480 e. The normalized spacial score (nSPS) is 23.0. The van der Waals surface area contributed by atoms with Gasteiger partial charge in [0.25, 0.3) is 0 Å². The van der Waals surface area contributed by atoms with E-state index in [4.69, 9.17) is 71.8 Å². The molecular weight excluding hydrogens is 2050 g/mol. The summed E-state index contributed by atoms with van der Waals surface area (Å²) >= 11 is 24.8. The van der Waals surface area contributed by atoms with E-state index in [-0.39, 0.29) is 137 Å². The molecule has 8 aromatic rings. The van der Waals surface area contributed by atoms with E-state index in [1.807, 2.05) is 0 Å². The van der Waals surface area contributed by atoms with Crippen molar-refractivity contribution in [3.63, 3.8) is 0 Å². The molecule has 12 atom stereocenters. The Morgan fingerprint density at radius 1 is 0.397 bits per heavy atom. The number of aliphatic carboxylic acids is 2. The number of rotatable bonds is 30. The first-order chi connectivity index (χ1) is 65.3. The number of nitrogens with zero attached hydrogens (tertiary/aromatic N) is 12. The summed E-state index contributed by atoms with van der Waals surface area (Å²) in [4.78, 5) is 117. The van der Waals surface area contributed by atoms with Crippen molar-refractivity contribution in [1.29, 1.82) is 0 Å². The summed E-state index contributed by atoms with van der Waals surface area (Å²) < 4.78 is 145. The van der Waals surface area contributed by atoms with Gasteiger partial charge < -0.3 is 70.1 Å². The molecule has 8 N–H and O–H groups in total. The van der Waals surface area contributed by atoms with E-state index in [0.29, 0.717) is 97.4 Å². The Bertz CT molecular complexity index is 5550. The first-order valence-electron chi connectivity index (χ1n) is 42.1. The molecule has 4 aromatic heterocycles. The van der Waals surface area contributed by atoms with Crippen molar-refractivity contribution < 1.29 is 113 Å². The average molecular weight is 2140 g/mol. The van der Waals surface area contributed by atoms with Crippen LogP contribution in [-0.2, 0) is 57.2 Å². The van der Waals surface area contributed by atoms with Crippen LogP contribution >= 0.6 is 100 Å². The number of carbonyl (C=O) groups excluding carboxylic acids is 4. The minimum absolute atomic E-state index is 0.0137. The van der Waals surface area contributed by atoms with Gasteiger partial charge in [0.2, 0.25) is 0 Å². The molecule has 136 heavy (non-hydrogen) atoms. The summed E-state index contributed by atoms with van der Waals surface area (Å²) in [6.07, 6.45) is -3.07. The van der Waals surface area contributed by atoms with Gasteiger partial charge in [-0.1, -0.05) is 79.3 Å². The maximum Gasteiger partial charge on any atom is 0.338 e. The molecular formula is C88H88Br2Cl2F8N16O16S4. The van der Waals surface area contributed by atoms with Crippen LogP contribution in [0.3, 0.4) is 0 Å². The second-order valence-electron chi connectivity index (χ2n) is 30.9. The lowest BCUT2D eigenvalue weighted by Gasteiger charge is -2.29. The number of hydrogen-bond donors (Lipinski definition) is 8. The van der Waals surface area contributed by atoms with E-state index in [1.165, 1.54) is 93.9 Å². The zero-order chi connectivity index (χ0) is 97.3. The molecule has 0 aliphatic carbocycles. The monoisotopic (exact) mass is 2130 g/mol. The second kappa shape index (κ2) is 47.9. The van der Waals surface area contributed by atoms with Crippen molar-refractivity contribution >= 4 is 160 Å². The Morgan fingerprint density at radius 2 is 0.654 bits per heavy atom. The van der Waals surface area contributed by atoms with Crippen LogP contribution in [0.4, 0.5) is 35.1 Å². The summed E-state index contributed by atoms with van der Waals surface area (Å²) in [6, 6.07) is 12.5. The first-order valence-corrected chi connectivity index (χ1v) is 48.0. The fourth-order valence-electron chi connectivity index (χ4n) is 15.6. The van der Waals surface area contributed by atoms with Gasteiger partial charge in [0.1, 0.15) is 97.5 Å². The van der Waals surface area contributed by atoms with Crippen molar-refractivity contribution in [3.8, 4) is 0 Å². The van der Waals surface area contributed by atoms with E-state index >= 15 is 0 Å². The molecule has 4 saturated heterocycles. The lowest BCUT2D eigenvalue weighted by Crippen LogP contribution is -2.39. The standard InChI is InChI=1S/C23H23BrF2N4O5S.C23H23ClF2N4O5S.C21H21BrF2N4O3S.C21H21ClF2N4O3S/c2*1-2-34-23(33)19-16(9-30-8-15(26)17(10-30)35-11-18(31)32)28-21(22-27-5-6-36-22)29-20(19)13-4-3-12(25)7-14(13)24;2*1-2-31-21(30)17-15(9-28-8-14(24)16(29)10-28)26-19(20-25-5-6-32-20)27-18(17)12-4-3-11(23)7-13(12)22/h2*3-7,15,17,20H,2,8-11H2,1H3,(H,28,29)(H,31,32);2*3-7,14,16,18,29H,2,8-10H2,1H3,(H,26,27)/t15-,17-,20+;15-,17+,20-;14?,16-,18-;14-,16?,18-/m1000/s1. The number of carbonyl (C=O) groups is 6. The average Bonchev–Trinajstić information content (AvgIpc) is 1.30. The molecule has 4 fully saturated rings. The Hall–Kier alpha value is -10.3. The number of aliphatic hydroxyl groups is 2. The Kier molecular flexibility index (Phi) is 36.3. The van der Waals surface area contributed by atoms with E-state index in [1.54, 1.807) is 106 Å². The Balaban J connectivity index is 0.000000154. The number of aliphatic imine (C=N–C) groups is 4. The van der Waals surface area contributed by atoms with Gasteiger partial charge in [0.15, 0.2) is 43.4 Å². The molecule has 724 valence electrons. The number of benzene rings is 4. The SMILES string of the molecule is CCOC(=O)C1=C(CN2CC(F)[C@@H](O)C2)NC(c2nccs2)=N[C@H]1c1ccc(F)cc1Br.CCOC(=O)C1=C(CN2CC(O)[C@@H](F)C2)NC(c2nccs2)=N[C@H]1c1ccc(F)cc1Cl.CCOC(=O)C1=C(CN2C[C@@H](F)[C@H](OCC(=O)O)C2)NC(c2nccs2)=N[C@H]1c1ccc(F)cc1Br.CCOC(=O)C1=C(CN2C[C@H](F)[C@H](OCC(=O)O)C2)NC(c2nccs2)=N[C@H]1c1ccc(F)cc1Cl. The van der Waals surface area contributed by atoms with E-state index in [2.05, 4.69) is 83.0 Å². The van der Waals surface area contributed by atoms with Crippen LogP contribution in [-0.4, -0.2) is 286 Å². The first kappa shape index (κ1) is 103. The third kappa shape index (κ3) is 26.0. The highest BCUT2D eigenvalue weighted by Gasteiger charge is 2.45. The molecule has 0 amide bonds. The van der Waals surface area contributed by atoms with Crippen molar-refractivity contribution in [2.45, 2.75) is 101 Å². The van der Waals surface area contributed by atoms with Gasteiger partial charge >= 0.3 is 35.8 Å².